The summed E-state index contributed by atoms with van der Waals surface area (Å²) in [5, 5.41) is 0. The first-order chi connectivity index (χ1) is 7.20. The number of hydrogen-bond acceptors (Lipinski definition) is 2. The Morgan fingerprint density at radius 1 is 1.00 bits per heavy atom. The fraction of sp³-hybridized carbons (Fsp3) is 1.00. The van der Waals surface area contributed by atoms with Crippen LogP contribution in [0.2, 0.25) is 0 Å². The zero-order valence-electron chi connectivity index (χ0n) is 10.3. The third kappa shape index (κ3) is 2.36. The lowest BCUT2D eigenvalue weighted by Crippen LogP contribution is -2.56. The first kappa shape index (κ1) is 11.4. The normalized spacial score (nSPS) is 44.2. The van der Waals surface area contributed by atoms with Crippen LogP contribution in [0, 0.1) is 5.92 Å². The van der Waals surface area contributed by atoms with Gasteiger partial charge >= 0.3 is 0 Å². The van der Waals surface area contributed by atoms with Gasteiger partial charge in [-0.3, -0.25) is 4.90 Å². The van der Waals surface area contributed by atoms with E-state index in [1.165, 1.54) is 45.1 Å². The Morgan fingerprint density at radius 2 is 1.73 bits per heavy atom. The highest BCUT2D eigenvalue weighted by atomic mass is 15.2. The van der Waals surface area contributed by atoms with Gasteiger partial charge in [-0.25, -0.2) is 0 Å². The van der Waals surface area contributed by atoms with Crippen LogP contribution in [-0.4, -0.2) is 29.6 Å². The summed E-state index contributed by atoms with van der Waals surface area (Å²) in [4.78, 5) is 2.71. The molecule has 2 heteroatoms. The molecule has 4 unspecified atom stereocenters. The molecule has 2 fully saturated rings. The third-order valence-corrected chi connectivity index (χ3v) is 4.63. The number of likely N-dealkylation sites (tertiary alicyclic amines) is 1. The van der Waals surface area contributed by atoms with Crippen molar-refractivity contribution < 1.29 is 0 Å². The molecule has 0 amide bonds. The number of nitrogens with zero attached hydrogens (tertiary/aromatic N) is 1. The summed E-state index contributed by atoms with van der Waals surface area (Å²) in [5.41, 5.74) is 6.28. The Morgan fingerprint density at radius 3 is 2.47 bits per heavy atom. The van der Waals surface area contributed by atoms with Gasteiger partial charge in [0.05, 0.1) is 0 Å². The summed E-state index contributed by atoms with van der Waals surface area (Å²) < 4.78 is 0. The molecule has 1 saturated heterocycles. The van der Waals surface area contributed by atoms with Crippen LogP contribution in [0.4, 0.5) is 0 Å². The molecule has 88 valence electrons. The second-order valence-corrected chi connectivity index (χ2v) is 5.61. The van der Waals surface area contributed by atoms with Crippen LogP contribution in [0.1, 0.15) is 52.4 Å². The second kappa shape index (κ2) is 4.84. The molecule has 0 aromatic rings. The van der Waals surface area contributed by atoms with Crippen molar-refractivity contribution >= 4 is 0 Å². The molecule has 0 spiro atoms. The Balaban J connectivity index is 2.01. The van der Waals surface area contributed by atoms with E-state index >= 15 is 0 Å². The van der Waals surface area contributed by atoms with Gasteiger partial charge in [0.25, 0.3) is 0 Å². The van der Waals surface area contributed by atoms with E-state index in [9.17, 15) is 0 Å². The van der Waals surface area contributed by atoms with Crippen molar-refractivity contribution in [2.75, 3.05) is 6.54 Å². The van der Waals surface area contributed by atoms with E-state index in [0.29, 0.717) is 12.1 Å². The van der Waals surface area contributed by atoms with Crippen LogP contribution in [0.3, 0.4) is 0 Å². The molecule has 2 rings (SSSR count). The van der Waals surface area contributed by atoms with Crippen LogP contribution in [0.25, 0.3) is 0 Å². The molecule has 1 saturated carbocycles. The molecule has 0 aromatic heterocycles. The summed E-state index contributed by atoms with van der Waals surface area (Å²) in [6.07, 6.45) is 8.07. The van der Waals surface area contributed by atoms with E-state index in [4.69, 9.17) is 5.73 Å². The number of hydrogen-bond donors (Lipinski definition) is 1. The van der Waals surface area contributed by atoms with Crippen molar-refractivity contribution in [3.63, 3.8) is 0 Å². The molecule has 0 aromatic carbocycles. The summed E-state index contributed by atoms with van der Waals surface area (Å²) in [7, 11) is 0. The van der Waals surface area contributed by atoms with Crippen molar-refractivity contribution in [1.29, 1.82) is 0 Å². The maximum Gasteiger partial charge on any atom is 0.0250 e. The first-order valence-electron chi connectivity index (χ1n) is 6.71. The van der Waals surface area contributed by atoms with Crippen LogP contribution in [-0.2, 0) is 0 Å². The Hall–Kier alpha value is -0.0800. The largest absolute Gasteiger partial charge is 0.326 e. The minimum absolute atomic E-state index is 0.437. The van der Waals surface area contributed by atoms with Crippen LogP contribution in [0.15, 0.2) is 0 Å². The topological polar surface area (TPSA) is 29.3 Å². The third-order valence-electron chi connectivity index (χ3n) is 4.63. The van der Waals surface area contributed by atoms with E-state index in [-0.39, 0.29) is 0 Å². The van der Waals surface area contributed by atoms with Gasteiger partial charge in [0.1, 0.15) is 0 Å². The van der Waals surface area contributed by atoms with Crippen molar-refractivity contribution in [2.45, 2.75) is 70.5 Å². The molecule has 2 aliphatic rings. The molecule has 2 nitrogen and oxygen atoms in total. The first-order valence-corrected chi connectivity index (χ1v) is 6.71. The summed E-state index contributed by atoms with van der Waals surface area (Å²) in [6, 6.07) is 1.86. The molecule has 1 aliphatic heterocycles. The van der Waals surface area contributed by atoms with Gasteiger partial charge in [-0.1, -0.05) is 19.8 Å². The van der Waals surface area contributed by atoms with Gasteiger partial charge in [0.15, 0.2) is 0 Å². The average Bonchev–Trinajstić information content (AvgIpc) is 2.23. The molecule has 4 atom stereocenters. The summed E-state index contributed by atoms with van der Waals surface area (Å²) in [6.45, 7) is 6.07. The predicted molar refractivity (Wildman–Crippen MR) is 64.8 cm³/mol. The number of rotatable bonds is 1. The molecular formula is C13H26N2. The average molecular weight is 210 g/mol. The van der Waals surface area contributed by atoms with E-state index in [1.807, 2.05) is 0 Å². The summed E-state index contributed by atoms with van der Waals surface area (Å²) >= 11 is 0. The van der Waals surface area contributed by atoms with E-state index in [0.717, 1.165) is 12.0 Å². The molecule has 0 radical (unpaired) electrons. The lowest BCUT2D eigenvalue weighted by molar-refractivity contribution is 0.0409. The van der Waals surface area contributed by atoms with Gasteiger partial charge in [0.2, 0.25) is 0 Å². The molecule has 0 bridgehead atoms. The summed E-state index contributed by atoms with van der Waals surface area (Å²) in [5.74, 6) is 0.855. The van der Waals surface area contributed by atoms with Crippen LogP contribution in [0.5, 0.6) is 0 Å². The standard InChI is InChI=1S/C13H26N2/c1-10-6-5-9-15(11(10)2)13-8-4-3-7-12(13)14/h10-13H,3-9,14H2,1-2H3. The smallest absolute Gasteiger partial charge is 0.0250 e. The van der Waals surface area contributed by atoms with Gasteiger partial charge in [0, 0.05) is 18.1 Å². The van der Waals surface area contributed by atoms with E-state index in [2.05, 4.69) is 18.7 Å². The maximum absolute atomic E-state index is 6.28. The second-order valence-electron chi connectivity index (χ2n) is 5.61. The quantitative estimate of drug-likeness (QED) is 0.720. The van der Waals surface area contributed by atoms with Crippen molar-refractivity contribution in [3.8, 4) is 0 Å². The molecule has 1 aliphatic carbocycles. The lowest BCUT2D eigenvalue weighted by Gasteiger charge is -2.46. The van der Waals surface area contributed by atoms with Gasteiger partial charge in [-0.2, -0.15) is 0 Å². The Labute approximate surface area is 94.2 Å². The minimum Gasteiger partial charge on any atom is -0.326 e. The predicted octanol–water partition coefficient (Wildman–Crippen LogP) is 2.38. The minimum atomic E-state index is 0.437. The van der Waals surface area contributed by atoms with Crippen LogP contribution >= 0.6 is 0 Å². The van der Waals surface area contributed by atoms with E-state index in [1.54, 1.807) is 0 Å². The highest BCUT2D eigenvalue weighted by Gasteiger charge is 2.34. The monoisotopic (exact) mass is 210 g/mol. The fourth-order valence-corrected chi connectivity index (χ4v) is 3.39. The van der Waals surface area contributed by atoms with Crippen molar-refractivity contribution in [2.24, 2.45) is 11.7 Å². The number of nitrogens with two attached hydrogens (primary N) is 1. The maximum atomic E-state index is 6.28. The molecule has 1 heterocycles. The highest BCUT2D eigenvalue weighted by molar-refractivity contribution is 4.91. The lowest BCUT2D eigenvalue weighted by atomic mass is 9.84. The van der Waals surface area contributed by atoms with Crippen LogP contribution < -0.4 is 5.73 Å². The zero-order valence-corrected chi connectivity index (χ0v) is 10.3. The highest BCUT2D eigenvalue weighted by Crippen LogP contribution is 2.30. The van der Waals surface area contributed by atoms with E-state index < -0.39 is 0 Å². The number of piperidine rings is 1. The zero-order chi connectivity index (χ0) is 10.8. The Bertz CT molecular complexity index is 205. The van der Waals surface area contributed by atoms with Gasteiger partial charge < -0.3 is 5.73 Å². The molecular weight excluding hydrogens is 184 g/mol. The molecule has 2 N–H and O–H groups in total. The fourth-order valence-electron chi connectivity index (χ4n) is 3.39. The Kier molecular flexibility index (Phi) is 3.68. The van der Waals surface area contributed by atoms with Crippen molar-refractivity contribution in [1.82, 2.24) is 4.90 Å². The molecule has 15 heavy (non-hydrogen) atoms. The SMILES string of the molecule is CC1CCCN(C2CCCCC2N)C1C. The van der Waals surface area contributed by atoms with Crippen molar-refractivity contribution in [3.05, 3.63) is 0 Å². The van der Waals surface area contributed by atoms with Gasteiger partial charge in [-0.05, 0) is 45.1 Å². The van der Waals surface area contributed by atoms with Gasteiger partial charge in [-0.15, -0.1) is 0 Å².